The summed E-state index contributed by atoms with van der Waals surface area (Å²) in [5.74, 6) is 0.906. The normalized spacial score (nSPS) is 10.7. The van der Waals surface area contributed by atoms with Crippen LogP contribution in [0.2, 0.25) is 0 Å². The molecular formula is C21H15FN2O2. The van der Waals surface area contributed by atoms with Crippen molar-refractivity contribution in [1.82, 2.24) is 10.1 Å². The fourth-order valence-corrected chi connectivity index (χ4v) is 2.53. The Hall–Kier alpha value is -3.47. The van der Waals surface area contributed by atoms with E-state index in [0.717, 1.165) is 16.9 Å². The third-order valence-corrected chi connectivity index (χ3v) is 3.89. The van der Waals surface area contributed by atoms with Gasteiger partial charge in [0.05, 0.1) is 5.56 Å². The largest absolute Gasteiger partial charge is 0.489 e. The fourth-order valence-electron chi connectivity index (χ4n) is 2.53. The van der Waals surface area contributed by atoms with Crippen molar-refractivity contribution >= 4 is 0 Å². The second-order valence-corrected chi connectivity index (χ2v) is 5.70. The molecular weight excluding hydrogens is 331 g/mol. The molecule has 0 amide bonds. The molecule has 0 radical (unpaired) electrons. The lowest BCUT2D eigenvalue weighted by Gasteiger charge is -2.06. The van der Waals surface area contributed by atoms with Crippen LogP contribution in [0.1, 0.15) is 5.56 Å². The van der Waals surface area contributed by atoms with E-state index < -0.39 is 5.82 Å². The first-order valence-corrected chi connectivity index (χ1v) is 8.15. The van der Waals surface area contributed by atoms with Gasteiger partial charge in [0.15, 0.2) is 0 Å². The summed E-state index contributed by atoms with van der Waals surface area (Å²) in [6.45, 7) is 0.500. The highest BCUT2D eigenvalue weighted by atomic mass is 19.1. The lowest BCUT2D eigenvalue weighted by atomic mass is 10.2. The van der Waals surface area contributed by atoms with E-state index in [1.165, 1.54) is 6.07 Å². The predicted octanol–water partition coefficient (Wildman–Crippen LogP) is 5.12. The van der Waals surface area contributed by atoms with Gasteiger partial charge in [-0.05, 0) is 42.0 Å². The summed E-state index contributed by atoms with van der Waals surface area (Å²) in [6.07, 6.45) is 0. The summed E-state index contributed by atoms with van der Waals surface area (Å²) in [5, 5.41) is 3.93. The van der Waals surface area contributed by atoms with E-state index in [1.54, 1.807) is 18.2 Å². The summed E-state index contributed by atoms with van der Waals surface area (Å²) in [6, 6.07) is 23.6. The summed E-state index contributed by atoms with van der Waals surface area (Å²) in [4.78, 5) is 4.28. The van der Waals surface area contributed by atoms with E-state index in [9.17, 15) is 4.39 Å². The van der Waals surface area contributed by atoms with Crippen LogP contribution in [0, 0.1) is 5.82 Å². The Morgan fingerprint density at radius 2 is 1.58 bits per heavy atom. The summed E-state index contributed by atoms with van der Waals surface area (Å²) in [7, 11) is 0. The molecule has 26 heavy (non-hydrogen) atoms. The van der Waals surface area contributed by atoms with E-state index in [1.807, 2.05) is 54.6 Å². The number of aromatic nitrogens is 2. The topological polar surface area (TPSA) is 48.2 Å². The molecule has 128 valence electrons. The van der Waals surface area contributed by atoms with E-state index in [4.69, 9.17) is 9.26 Å². The number of hydrogen-bond acceptors (Lipinski definition) is 4. The van der Waals surface area contributed by atoms with Crippen LogP contribution < -0.4 is 4.74 Å². The van der Waals surface area contributed by atoms with Crippen molar-refractivity contribution in [3.63, 3.8) is 0 Å². The van der Waals surface area contributed by atoms with Crippen LogP contribution in [-0.2, 0) is 6.61 Å². The van der Waals surface area contributed by atoms with Crippen molar-refractivity contribution in [2.75, 3.05) is 0 Å². The van der Waals surface area contributed by atoms with Gasteiger partial charge in [-0.2, -0.15) is 4.98 Å². The van der Waals surface area contributed by atoms with Crippen molar-refractivity contribution in [3.8, 4) is 28.6 Å². The molecule has 1 heterocycles. The first-order chi connectivity index (χ1) is 12.8. The second-order valence-electron chi connectivity index (χ2n) is 5.70. The molecule has 4 nitrogen and oxygen atoms in total. The number of nitrogens with zero attached hydrogens (tertiary/aromatic N) is 2. The van der Waals surface area contributed by atoms with Crippen LogP contribution in [0.4, 0.5) is 4.39 Å². The Labute approximate surface area is 149 Å². The average molecular weight is 346 g/mol. The molecule has 0 atom stereocenters. The maximum Gasteiger partial charge on any atom is 0.261 e. The Bertz CT molecular complexity index is 998. The van der Waals surface area contributed by atoms with Crippen molar-refractivity contribution in [1.29, 1.82) is 0 Å². The van der Waals surface area contributed by atoms with Gasteiger partial charge in [0, 0.05) is 5.56 Å². The van der Waals surface area contributed by atoms with E-state index in [0.29, 0.717) is 12.4 Å². The highest BCUT2D eigenvalue weighted by molar-refractivity contribution is 5.60. The van der Waals surface area contributed by atoms with Gasteiger partial charge in [0.1, 0.15) is 18.2 Å². The lowest BCUT2D eigenvalue weighted by Crippen LogP contribution is -1.94. The second kappa shape index (κ2) is 7.19. The van der Waals surface area contributed by atoms with Crippen LogP contribution in [0.25, 0.3) is 22.8 Å². The molecule has 0 aliphatic heterocycles. The number of halogens is 1. The molecule has 0 aliphatic carbocycles. The molecule has 0 saturated carbocycles. The molecule has 0 N–H and O–H groups in total. The average Bonchev–Trinajstić information content (AvgIpc) is 3.18. The smallest absolute Gasteiger partial charge is 0.261 e. The number of rotatable bonds is 5. The molecule has 1 aromatic heterocycles. The van der Waals surface area contributed by atoms with Crippen molar-refractivity contribution in [2.45, 2.75) is 6.61 Å². The van der Waals surface area contributed by atoms with Crippen LogP contribution in [0.5, 0.6) is 5.75 Å². The minimum atomic E-state index is -0.396. The number of benzene rings is 3. The van der Waals surface area contributed by atoms with Crippen LogP contribution in [-0.4, -0.2) is 10.1 Å². The van der Waals surface area contributed by atoms with Crippen molar-refractivity contribution < 1.29 is 13.7 Å². The van der Waals surface area contributed by atoms with E-state index in [-0.39, 0.29) is 11.5 Å². The molecule has 0 spiro atoms. The van der Waals surface area contributed by atoms with Gasteiger partial charge in [-0.1, -0.05) is 47.6 Å². The maximum absolute atomic E-state index is 13.8. The standard InChI is InChI=1S/C21H15FN2O2/c22-19-9-5-4-8-18(19)21-23-20(24-26-21)16-10-12-17(13-11-16)25-14-15-6-2-1-3-7-15/h1-13H,14H2. The molecule has 4 aromatic rings. The van der Waals surface area contributed by atoms with Gasteiger partial charge in [-0.3, -0.25) is 0 Å². The predicted molar refractivity (Wildman–Crippen MR) is 95.9 cm³/mol. The van der Waals surface area contributed by atoms with Gasteiger partial charge < -0.3 is 9.26 Å². The van der Waals surface area contributed by atoms with Crippen LogP contribution in [0.15, 0.2) is 83.4 Å². The first-order valence-electron chi connectivity index (χ1n) is 8.15. The lowest BCUT2D eigenvalue weighted by molar-refractivity contribution is 0.306. The minimum absolute atomic E-state index is 0.155. The van der Waals surface area contributed by atoms with Gasteiger partial charge >= 0.3 is 0 Å². The first kappa shape index (κ1) is 16.0. The Morgan fingerprint density at radius 1 is 0.846 bits per heavy atom. The summed E-state index contributed by atoms with van der Waals surface area (Å²) < 4.78 is 24.8. The van der Waals surface area contributed by atoms with Crippen molar-refractivity contribution in [3.05, 3.63) is 90.2 Å². The van der Waals surface area contributed by atoms with E-state index >= 15 is 0 Å². The molecule has 5 heteroatoms. The molecule has 0 aliphatic rings. The molecule has 0 fully saturated rings. The van der Waals surface area contributed by atoms with E-state index in [2.05, 4.69) is 10.1 Å². The Kier molecular flexibility index (Phi) is 4.43. The highest BCUT2D eigenvalue weighted by Crippen LogP contribution is 2.25. The zero-order chi connectivity index (χ0) is 17.8. The zero-order valence-electron chi connectivity index (χ0n) is 13.8. The molecule has 0 unspecified atom stereocenters. The molecule has 0 saturated heterocycles. The highest BCUT2D eigenvalue weighted by Gasteiger charge is 2.13. The Morgan fingerprint density at radius 3 is 2.35 bits per heavy atom. The SMILES string of the molecule is Fc1ccccc1-c1nc(-c2ccc(OCc3ccccc3)cc2)no1. The fraction of sp³-hybridized carbons (Fsp3) is 0.0476. The monoisotopic (exact) mass is 346 g/mol. The maximum atomic E-state index is 13.8. The third kappa shape index (κ3) is 3.47. The summed E-state index contributed by atoms with van der Waals surface area (Å²) >= 11 is 0. The molecule has 4 rings (SSSR count). The minimum Gasteiger partial charge on any atom is -0.489 e. The van der Waals surface area contributed by atoms with Crippen LogP contribution >= 0.6 is 0 Å². The summed E-state index contributed by atoms with van der Waals surface area (Å²) in [5.41, 5.74) is 2.15. The molecule has 0 bridgehead atoms. The zero-order valence-corrected chi connectivity index (χ0v) is 13.8. The number of ether oxygens (including phenoxy) is 1. The quantitative estimate of drug-likeness (QED) is 0.503. The van der Waals surface area contributed by atoms with Crippen LogP contribution in [0.3, 0.4) is 0 Å². The van der Waals surface area contributed by atoms with Crippen molar-refractivity contribution in [2.24, 2.45) is 0 Å². The molecule has 3 aromatic carbocycles. The Balaban J connectivity index is 1.48. The van der Waals surface area contributed by atoms with Gasteiger partial charge in [0.2, 0.25) is 5.82 Å². The third-order valence-electron chi connectivity index (χ3n) is 3.89. The van der Waals surface area contributed by atoms with Gasteiger partial charge in [-0.25, -0.2) is 4.39 Å². The van der Waals surface area contributed by atoms with Gasteiger partial charge in [0.25, 0.3) is 5.89 Å². The van der Waals surface area contributed by atoms with Gasteiger partial charge in [-0.15, -0.1) is 0 Å². The number of hydrogen-bond donors (Lipinski definition) is 0.